The van der Waals surface area contributed by atoms with Gasteiger partial charge in [0.2, 0.25) is 5.89 Å². The van der Waals surface area contributed by atoms with Crippen molar-refractivity contribution in [1.82, 2.24) is 15.0 Å². The fourth-order valence-electron chi connectivity index (χ4n) is 2.98. The van der Waals surface area contributed by atoms with Crippen LogP contribution in [0.2, 0.25) is 0 Å². The fraction of sp³-hybridized carbons (Fsp3) is 0.227. The van der Waals surface area contributed by atoms with E-state index >= 15 is 0 Å². The van der Waals surface area contributed by atoms with E-state index in [9.17, 15) is 4.39 Å². The van der Waals surface area contributed by atoms with E-state index in [0.717, 1.165) is 23.1 Å². The number of halogens is 1. The lowest BCUT2D eigenvalue weighted by molar-refractivity contribution is 0.302. The van der Waals surface area contributed by atoms with Crippen molar-refractivity contribution in [3.8, 4) is 29.1 Å². The number of fused-ring (bicyclic) bond motifs is 1. The molecule has 0 aliphatic rings. The highest BCUT2D eigenvalue weighted by Crippen LogP contribution is 2.31. The number of aromatic nitrogens is 3. The van der Waals surface area contributed by atoms with Gasteiger partial charge in [-0.1, -0.05) is 30.2 Å². The molecule has 7 heteroatoms. The monoisotopic (exact) mass is 393 g/mol. The first-order valence-electron chi connectivity index (χ1n) is 9.35. The molecule has 0 fully saturated rings. The molecule has 0 amide bonds. The minimum absolute atomic E-state index is 0.00248. The zero-order valence-electron chi connectivity index (χ0n) is 16.4. The number of rotatable bonds is 6. The van der Waals surface area contributed by atoms with Crippen molar-refractivity contribution in [3.05, 3.63) is 59.4 Å². The summed E-state index contributed by atoms with van der Waals surface area (Å²) in [6, 6.07) is 11.8. The molecular formula is C22H20FN3O3. The van der Waals surface area contributed by atoms with E-state index in [1.54, 1.807) is 12.1 Å². The lowest BCUT2D eigenvalue weighted by Gasteiger charge is -2.07. The normalized spacial score (nSPS) is 11.0. The summed E-state index contributed by atoms with van der Waals surface area (Å²) in [5, 5.41) is 0. The molecule has 6 nitrogen and oxygen atoms in total. The average Bonchev–Trinajstić information content (AvgIpc) is 3.10. The molecule has 0 aliphatic heterocycles. The van der Waals surface area contributed by atoms with Gasteiger partial charge in [0.25, 0.3) is 11.6 Å². The Morgan fingerprint density at radius 3 is 2.52 bits per heavy atom. The molecule has 0 saturated carbocycles. The van der Waals surface area contributed by atoms with Gasteiger partial charge >= 0.3 is 6.01 Å². The first-order chi connectivity index (χ1) is 14.0. The number of aryl methyl sites for hydroxylation is 2. The van der Waals surface area contributed by atoms with Crippen LogP contribution in [0.4, 0.5) is 4.39 Å². The number of oxazole rings is 1. The van der Waals surface area contributed by atoms with Crippen LogP contribution in [0.1, 0.15) is 24.5 Å². The van der Waals surface area contributed by atoms with Crippen LogP contribution >= 0.6 is 0 Å². The highest BCUT2D eigenvalue weighted by molar-refractivity contribution is 5.78. The van der Waals surface area contributed by atoms with Crippen molar-refractivity contribution < 1.29 is 18.3 Å². The minimum Gasteiger partial charge on any atom is -0.476 e. The zero-order chi connectivity index (χ0) is 20.4. The highest BCUT2D eigenvalue weighted by Gasteiger charge is 2.19. The van der Waals surface area contributed by atoms with Crippen LogP contribution in [0.3, 0.4) is 0 Å². The van der Waals surface area contributed by atoms with Crippen LogP contribution in [0.15, 0.2) is 46.9 Å². The number of hydrogen-bond acceptors (Lipinski definition) is 6. The smallest absolute Gasteiger partial charge is 0.328 e. The Morgan fingerprint density at radius 1 is 1.00 bits per heavy atom. The molecular weight excluding hydrogens is 373 g/mol. The second-order valence-electron chi connectivity index (χ2n) is 6.77. The minimum atomic E-state index is -0.414. The third kappa shape index (κ3) is 4.18. The molecule has 2 aromatic carbocycles. The van der Waals surface area contributed by atoms with Gasteiger partial charge in [-0.2, -0.15) is 9.97 Å². The van der Waals surface area contributed by atoms with Gasteiger partial charge in [-0.3, -0.25) is 0 Å². The second-order valence-corrected chi connectivity index (χ2v) is 6.77. The summed E-state index contributed by atoms with van der Waals surface area (Å²) in [7, 11) is 0. The third-order valence-corrected chi connectivity index (χ3v) is 4.12. The zero-order valence-corrected chi connectivity index (χ0v) is 16.4. The summed E-state index contributed by atoms with van der Waals surface area (Å²) < 4.78 is 30.7. The summed E-state index contributed by atoms with van der Waals surface area (Å²) >= 11 is 0. The lowest BCUT2D eigenvalue weighted by atomic mass is 10.1. The van der Waals surface area contributed by atoms with Crippen LogP contribution in [-0.2, 0) is 0 Å². The molecule has 0 radical (unpaired) electrons. The van der Waals surface area contributed by atoms with E-state index in [2.05, 4.69) is 21.0 Å². The molecule has 0 saturated heterocycles. The van der Waals surface area contributed by atoms with Crippen molar-refractivity contribution >= 4 is 11.2 Å². The number of hydrogen-bond donors (Lipinski definition) is 0. The molecule has 2 aromatic heterocycles. The predicted molar refractivity (Wildman–Crippen MR) is 107 cm³/mol. The van der Waals surface area contributed by atoms with Gasteiger partial charge in [-0.25, -0.2) is 9.37 Å². The average molecular weight is 393 g/mol. The summed E-state index contributed by atoms with van der Waals surface area (Å²) in [6.07, 6.45) is 0.799. The van der Waals surface area contributed by atoms with Crippen molar-refractivity contribution in [2.75, 3.05) is 6.61 Å². The van der Waals surface area contributed by atoms with E-state index in [1.165, 1.54) is 12.1 Å². The van der Waals surface area contributed by atoms with Crippen LogP contribution in [0, 0.1) is 19.7 Å². The Hall–Kier alpha value is -3.48. The molecule has 4 aromatic rings. The number of ether oxygens (including phenoxy) is 2. The van der Waals surface area contributed by atoms with E-state index < -0.39 is 5.82 Å². The summed E-state index contributed by atoms with van der Waals surface area (Å²) in [4.78, 5) is 13.1. The molecule has 0 spiro atoms. The third-order valence-electron chi connectivity index (χ3n) is 4.12. The fourth-order valence-corrected chi connectivity index (χ4v) is 2.98. The maximum absolute atomic E-state index is 13.5. The Morgan fingerprint density at radius 2 is 1.79 bits per heavy atom. The van der Waals surface area contributed by atoms with E-state index in [1.807, 2.05) is 32.9 Å². The van der Waals surface area contributed by atoms with E-state index in [-0.39, 0.29) is 23.4 Å². The maximum atomic E-state index is 13.5. The van der Waals surface area contributed by atoms with E-state index in [4.69, 9.17) is 13.9 Å². The SMILES string of the molecule is CCCOc1nc(Oc2cccc(F)c2)nc2oc(-c3cc(C)cc(C)c3)nc12. The van der Waals surface area contributed by atoms with Gasteiger partial charge in [0.15, 0.2) is 5.52 Å². The van der Waals surface area contributed by atoms with Crippen molar-refractivity contribution in [3.63, 3.8) is 0 Å². The lowest BCUT2D eigenvalue weighted by Crippen LogP contribution is -2.01. The van der Waals surface area contributed by atoms with Gasteiger partial charge in [0.05, 0.1) is 6.61 Å². The topological polar surface area (TPSA) is 70.3 Å². The standard InChI is InChI=1S/C22H20FN3O3/c1-4-8-27-20-18-21(26-22(25-20)28-17-7-5-6-16(23)12-17)29-19(24-18)15-10-13(2)9-14(3)11-15/h5-7,9-12H,4,8H2,1-3H3. The quantitative estimate of drug-likeness (QED) is 0.423. The van der Waals surface area contributed by atoms with Crippen LogP contribution < -0.4 is 9.47 Å². The second kappa shape index (κ2) is 7.87. The Balaban J connectivity index is 1.78. The van der Waals surface area contributed by atoms with Gasteiger partial charge in [-0.05, 0) is 44.5 Å². The number of nitrogens with zero attached hydrogens (tertiary/aromatic N) is 3. The first-order valence-corrected chi connectivity index (χ1v) is 9.35. The van der Waals surface area contributed by atoms with Gasteiger partial charge < -0.3 is 13.9 Å². The molecule has 0 bridgehead atoms. The number of benzene rings is 2. The molecule has 0 atom stereocenters. The van der Waals surface area contributed by atoms with Crippen molar-refractivity contribution in [2.45, 2.75) is 27.2 Å². The Labute approximate surface area is 167 Å². The van der Waals surface area contributed by atoms with Crippen molar-refractivity contribution in [2.24, 2.45) is 0 Å². The highest BCUT2D eigenvalue weighted by atomic mass is 19.1. The Kier molecular flexibility index (Phi) is 5.12. The Bertz CT molecular complexity index is 1150. The van der Waals surface area contributed by atoms with Gasteiger partial charge in [-0.15, -0.1) is 0 Å². The molecule has 0 aliphatic carbocycles. The van der Waals surface area contributed by atoms with Crippen LogP contribution in [-0.4, -0.2) is 21.6 Å². The van der Waals surface area contributed by atoms with E-state index in [0.29, 0.717) is 18.0 Å². The summed E-state index contributed by atoms with van der Waals surface area (Å²) in [5.74, 6) is 0.552. The van der Waals surface area contributed by atoms with Gasteiger partial charge in [0.1, 0.15) is 11.6 Å². The maximum Gasteiger partial charge on any atom is 0.328 e. The molecule has 4 rings (SSSR count). The summed E-state index contributed by atoms with van der Waals surface area (Å²) in [6.45, 7) is 6.48. The van der Waals surface area contributed by atoms with Crippen LogP contribution in [0.5, 0.6) is 17.6 Å². The molecule has 0 N–H and O–H groups in total. The van der Waals surface area contributed by atoms with Gasteiger partial charge in [0, 0.05) is 11.6 Å². The predicted octanol–water partition coefficient (Wildman–Crippen LogP) is 5.62. The first kappa shape index (κ1) is 18.9. The molecule has 148 valence electrons. The largest absolute Gasteiger partial charge is 0.476 e. The molecule has 2 heterocycles. The molecule has 29 heavy (non-hydrogen) atoms. The van der Waals surface area contributed by atoms with Crippen LogP contribution in [0.25, 0.3) is 22.7 Å². The molecule has 0 unspecified atom stereocenters. The van der Waals surface area contributed by atoms with Crippen molar-refractivity contribution in [1.29, 1.82) is 0 Å². The summed E-state index contributed by atoms with van der Waals surface area (Å²) in [5.41, 5.74) is 3.71.